The second-order valence-corrected chi connectivity index (χ2v) is 29.9. The van der Waals surface area contributed by atoms with E-state index in [1.165, 1.54) is 283 Å². The summed E-state index contributed by atoms with van der Waals surface area (Å²) >= 11 is 0. The van der Waals surface area contributed by atoms with Crippen LogP contribution in [-0.2, 0) is 33.2 Å². The van der Waals surface area contributed by atoms with Crippen molar-refractivity contribution in [1.82, 2.24) is 5.32 Å². The Kier molecular flexibility index (Phi) is 57.6. The maximum Gasteiger partial charge on any atom is 0.220 e. The molecule has 0 aromatic heterocycles. The van der Waals surface area contributed by atoms with E-state index in [4.69, 9.17) is 28.4 Å². The topological polar surface area (TPSA) is 307 Å². The minimum atomic E-state index is -1.98. The highest BCUT2D eigenvalue weighted by Gasteiger charge is 2.54. The second kappa shape index (κ2) is 62.3. The molecule has 17 atom stereocenters. The van der Waals surface area contributed by atoms with Crippen LogP contribution in [0.15, 0.2) is 24.3 Å². The van der Waals surface area contributed by atoms with Crippen LogP contribution < -0.4 is 5.32 Å². The highest BCUT2D eigenvalue weighted by molar-refractivity contribution is 5.76. The number of hydrogen-bond acceptors (Lipinski definition) is 18. The molecule has 0 bridgehead atoms. The molecule has 0 aliphatic carbocycles. The summed E-state index contributed by atoms with van der Waals surface area (Å²) in [5.41, 5.74) is 0. The molecule has 3 fully saturated rings. The van der Waals surface area contributed by atoms with E-state index in [2.05, 4.69) is 31.3 Å². The molecule has 3 aliphatic heterocycles. The predicted octanol–water partition coefficient (Wildman–Crippen LogP) is 14.1. The van der Waals surface area contributed by atoms with Crippen LogP contribution in [0.25, 0.3) is 0 Å². The van der Waals surface area contributed by atoms with Crippen molar-refractivity contribution >= 4 is 5.91 Å². The Bertz CT molecular complexity index is 1900. The summed E-state index contributed by atoms with van der Waals surface area (Å²) in [4.78, 5) is 13.5. The van der Waals surface area contributed by atoms with Gasteiger partial charge in [-0.1, -0.05) is 340 Å². The van der Waals surface area contributed by atoms with Crippen molar-refractivity contribution in [2.24, 2.45) is 0 Å². The molecule has 3 rings (SSSR count). The molecule has 0 spiro atoms. The molecule has 0 saturated carbocycles. The summed E-state index contributed by atoms with van der Waals surface area (Å²) in [6.45, 7) is 1.78. The van der Waals surface area contributed by atoms with Crippen molar-refractivity contribution in [3.63, 3.8) is 0 Å². The van der Waals surface area contributed by atoms with Gasteiger partial charge in [0, 0.05) is 6.42 Å². The van der Waals surface area contributed by atoms with Crippen LogP contribution in [0.1, 0.15) is 354 Å². The number of carbonyl (C=O) groups is 1. The fourth-order valence-corrected chi connectivity index (χ4v) is 14.3. The number of carbonyl (C=O) groups excluding carboxylic acids is 1. The third-order valence-corrected chi connectivity index (χ3v) is 21.0. The summed E-state index contributed by atoms with van der Waals surface area (Å²) in [6.07, 6.45) is 49.1. The van der Waals surface area contributed by atoms with Crippen LogP contribution in [0.5, 0.6) is 0 Å². The fourth-order valence-electron chi connectivity index (χ4n) is 14.3. The lowest BCUT2D eigenvalue weighted by molar-refractivity contribution is -0.379. The van der Waals surface area contributed by atoms with Gasteiger partial charge in [0.05, 0.1) is 38.6 Å². The second-order valence-electron chi connectivity index (χ2n) is 29.9. The molecule has 100 heavy (non-hydrogen) atoms. The molecule has 0 aromatic rings. The largest absolute Gasteiger partial charge is 0.394 e. The molecular formula is C81H153NO18. The van der Waals surface area contributed by atoms with E-state index in [1.807, 2.05) is 6.08 Å². The van der Waals surface area contributed by atoms with E-state index < -0.39 is 124 Å². The number of unbranched alkanes of at least 4 members (excludes halogenated alkanes) is 49. The third kappa shape index (κ3) is 42.0. The van der Waals surface area contributed by atoms with Crippen LogP contribution in [0, 0.1) is 0 Å². The van der Waals surface area contributed by atoms with Gasteiger partial charge in [0.2, 0.25) is 5.91 Å². The molecule has 590 valence electrons. The van der Waals surface area contributed by atoms with Crippen molar-refractivity contribution in [3.05, 3.63) is 24.3 Å². The van der Waals surface area contributed by atoms with Crippen LogP contribution in [0.2, 0.25) is 0 Å². The van der Waals surface area contributed by atoms with E-state index >= 15 is 0 Å². The van der Waals surface area contributed by atoms with Crippen LogP contribution in [0.3, 0.4) is 0 Å². The highest BCUT2D eigenvalue weighted by Crippen LogP contribution is 2.33. The molecular weight excluding hydrogens is 1270 g/mol. The zero-order valence-electron chi connectivity index (χ0n) is 63.2. The Morgan fingerprint density at radius 3 is 1.00 bits per heavy atom. The maximum absolute atomic E-state index is 13.5. The molecule has 19 heteroatoms. The molecule has 3 heterocycles. The number of aliphatic hydroxyl groups excluding tert-OH is 11. The minimum Gasteiger partial charge on any atom is -0.394 e. The zero-order valence-corrected chi connectivity index (χ0v) is 63.2. The van der Waals surface area contributed by atoms with Crippen molar-refractivity contribution in [1.29, 1.82) is 0 Å². The van der Waals surface area contributed by atoms with Gasteiger partial charge in [0.15, 0.2) is 18.9 Å². The van der Waals surface area contributed by atoms with Crippen LogP contribution in [-0.4, -0.2) is 193 Å². The number of allylic oxidation sites excluding steroid dienone is 3. The first kappa shape index (κ1) is 92.5. The average Bonchev–Trinajstić information content (AvgIpc) is 0.783. The van der Waals surface area contributed by atoms with Gasteiger partial charge < -0.3 is 89.9 Å². The summed E-state index contributed by atoms with van der Waals surface area (Å²) in [5.74, 6) is -0.277. The molecule has 3 aliphatic rings. The van der Waals surface area contributed by atoms with Crippen molar-refractivity contribution in [2.45, 2.75) is 458 Å². The van der Waals surface area contributed by atoms with Crippen molar-refractivity contribution in [2.75, 3.05) is 26.4 Å². The molecule has 19 nitrogen and oxygen atoms in total. The number of amides is 1. The quantitative estimate of drug-likeness (QED) is 0.0199. The van der Waals surface area contributed by atoms with Gasteiger partial charge in [0.1, 0.15) is 73.2 Å². The molecule has 0 aromatic carbocycles. The smallest absolute Gasteiger partial charge is 0.220 e. The SMILES string of the molecule is CCCCCCCCCCCCCCCC/C=C/CC/C=C/C(O)C(COC1OC(CO)C(OC2OC(CO)C(OC3OC(CO)C(O)C(O)C3O)C(O)C2O)C(O)C1O)NC(=O)CCCCCCCCCCCCCCCCCCCCCCCCCCCCCCCCCCCCC. The average molecular weight is 1430 g/mol. The standard InChI is InChI=1S/C81H153NO18/c1-3-5-7-9-11-13-15-17-19-21-23-25-26-27-28-29-30-31-32-33-34-35-36-37-38-39-41-43-45-47-49-51-53-55-57-59-69(87)82-64(65(86)58-56-54-52-50-48-46-44-42-40-24-22-20-18-16-14-12-10-8-6-4-2)63-95-79-75(93)72(90)77(67(61-84)97-79)100-81-76(94)73(91)78(68(62-85)98-81)99-80-74(92)71(89)70(88)66(60-83)96-80/h48,50,56,58,64-68,70-81,83-86,88-94H,3-47,49,51-55,57,59-63H2,1-2H3,(H,82,87)/b50-48+,58-56+. The summed E-state index contributed by atoms with van der Waals surface area (Å²) < 4.78 is 34.4. The molecule has 17 unspecified atom stereocenters. The van der Waals surface area contributed by atoms with E-state index in [-0.39, 0.29) is 18.9 Å². The first-order valence-electron chi connectivity index (χ1n) is 41.6. The molecule has 1 amide bonds. The van der Waals surface area contributed by atoms with Crippen LogP contribution in [0.4, 0.5) is 0 Å². The first-order chi connectivity index (χ1) is 48.8. The Morgan fingerprint density at radius 2 is 0.640 bits per heavy atom. The van der Waals surface area contributed by atoms with Gasteiger partial charge in [-0.15, -0.1) is 0 Å². The molecule has 3 saturated heterocycles. The number of nitrogens with one attached hydrogen (secondary N) is 1. The zero-order chi connectivity index (χ0) is 72.5. The van der Waals surface area contributed by atoms with E-state index in [0.29, 0.717) is 12.8 Å². The van der Waals surface area contributed by atoms with Crippen LogP contribution >= 0.6 is 0 Å². The number of ether oxygens (including phenoxy) is 6. The van der Waals surface area contributed by atoms with Gasteiger partial charge in [-0.05, 0) is 32.1 Å². The Balaban J connectivity index is 1.33. The lowest BCUT2D eigenvalue weighted by Gasteiger charge is -2.48. The lowest BCUT2D eigenvalue weighted by atomic mass is 9.96. The Hall–Kier alpha value is -1.73. The van der Waals surface area contributed by atoms with Gasteiger partial charge in [-0.25, -0.2) is 0 Å². The minimum absolute atomic E-state index is 0.241. The van der Waals surface area contributed by atoms with E-state index in [0.717, 1.165) is 38.5 Å². The predicted molar refractivity (Wildman–Crippen MR) is 397 cm³/mol. The van der Waals surface area contributed by atoms with Crippen molar-refractivity contribution < 1.29 is 89.4 Å². The number of rotatable bonds is 67. The normalized spacial score (nSPS) is 26.5. The first-order valence-corrected chi connectivity index (χ1v) is 41.6. The van der Waals surface area contributed by atoms with Crippen molar-refractivity contribution in [3.8, 4) is 0 Å². The van der Waals surface area contributed by atoms with E-state index in [1.54, 1.807) is 6.08 Å². The van der Waals surface area contributed by atoms with E-state index in [9.17, 15) is 61.0 Å². The van der Waals surface area contributed by atoms with Gasteiger partial charge in [0.25, 0.3) is 0 Å². The Labute approximate surface area is 607 Å². The fraction of sp³-hybridized carbons (Fsp3) is 0.938. The van der Waals surface area contributed by atoms with Gasteiger partial charge >= 0.3 is 0 Å². The highest BCUT2D eigenvalue weighted by atomic mass is 16.8. The third-order valence-electron chi connectivity index (χ3n) is 21.0. The number of aliphatic hydroxyl groups is 11. The monoisotopic (exact) mass is 1430 g/mol. The summed E-state index contributed by atoms with van der Waals surface area (Å²) in [6, 6.07) is -0.988. The molecule has 12 N–H and O–H groups in total. The van der Waals surface area contributed by atoms with Gasteiger partial charge in [-0.3, -0.25) is 4.79 Å². The summed E-state index contributed by atoms with van der Waals surface area (Å²) in [5, 5.41) is 121. The number of hydrogen-bond donors (Lipinski definition) is 12. The lowest BCUT2D eigenvalue weighted by Crippen LogP contribution is -2.66. The van der Waals surface area contributed by atoms with Gasteiger partial charge in [-0.2, -0.15) is 0 Å². The summed E-state index contributed by atoms with van der Waals surface area (Å²) in [7, 11) is 0. The maximum atomic E-state index is 13.5. The Morgan fingerprint density at radius 1 is 0.350 bits per heavy atom. The molecule has 0 radical (unpaired) electrons.